The van der Waals surface area contributed by atoms with Crippen LogP contribution in [-0.2, 0) is 30.2 Å². The summed E-state index contributed by atoms with van der Waals surface area (Å²) >= 11 is 2.51. The van der Waals surface area contributed by atoms with Gasteiger partial charge in [0.05, 0.1) is 5.48 Å². The molecular formula is C68H53N5OPt-2. The molecule has 0 bridgehead atoms. The van der Waals surface area contributed by atoms with E-state index in [1.807, 2.05) is 30.3 Å². The van der Waals surface area contributed by atoms with E-state index in [0.29, 0.717) is 39.1 Å². The minimum atomic E-state index is -0.321. The first-order valence-electron chi connectivity index (χ1n) is 27.2. The quantitative estimate of drug-likeness (QED) is 0.149. The van der Waals surface area contributed by atoms with E-state index in [9.17, 15) is 1.37 Å². The van der Waals surface area contributed by atoms with Crippen molar-refractivity contribution in [2.45, 2.75) is 52.4 Å². The molecule has 0 amide bonds. The fraction of sp³-hybridized carbons (Fsp3) is 0.118. The summed E-state index contributed by atoms with van der Waals surface area (Å²) in [5.41, 5.74) is 13.9. The van der Waals surface area contributed by atoms with Crippen LogP contribution in [0.2, 0.25) is 0 Å². The maximum atomic E-state index is 9.23. The van der Waals surface area contributed by atoms with Gasteiger partial charge in [0, 0.05) is 6.20 Å². The number of fused-ring (bicyclic) bond motifs is 7. The van der Waals surface area contributed by atoms with E-state index in [1.54, 1.807) is 10.8 Å². The van der Waals surface area contributed by atoms with Crippen LogP contribution in [0, 0.1) is 15.9 Å². The molecular weight excluding hydrogens is 1100 g/mol. The average Bonchev–Trinajstić information content (AvgIpc) is 3.80. The van der Waals surface area contributed by atoms with Crippen molar-refractivity contribution in [1.29, 1.82) is 0 Å². The summed E-state index contributed by atoms with van der Waals surface area (Å²) in [5, 5.41) is 3.11. The Balaban J connectivity index is 1.13. The molecule has 0 aliphatic rings. The van der Waals surface area contributed by atoms with Crippen LogP contribution in [0.1, 0.15) is 58.2 Å². The standard InChI is InChI=1S/C68H53N5O.Pt/c1-67(2,3)47-31-33-49(34-32-47)72-58-28-15-14-24-55(58)57-27-18-30-61-66(57)71(44-70(61)65-52(45-19-9-7-10-20-45)25-17-26-53(65)46-21-11-8-12-22-46)63-43-51(36-38-60(63)72)74-50-35-37-56-54-23-13-16-29-59(54)73(62(56)42-50)64-41-48(39-40-69-64)68(4,5)6;/h7-41H,1-6H3;/q-2;/i13D,16D,23D,29D;. The number of nitrogens with zero attached hydrogens (tertiary/aromatic N) is 5. The molecule has 0 aliphatic heterocycles. The summed E-state index contributed by atoms with van der Waals surface area (Å²) in [7, 11) is 0. The van der Waals surface area contributed by atoms with Crippen LogP contribution < -0.4 is 4.74 Å². The van der Waals surface area contributed by atoms with Crippen LogP contribution in [0.15, 0.2) is 212 Å². The van der Waals surface area contributed by atoms with Gasteiger partial charge in [-0.05, 0) is 17.0 Å². The van der Waals surface area contributed by atoms with Gasteiger partial charge in [-0.15, -0.1) is 0 Å². The van der Waals surface area contributed by atoms with Crippen LogP contribution in [0.3, 0.4) is 0 Å². The summed E-state index contributed by atoms with van der Waals surface area (Å²) in [6.07, 6.45) is 1.75. The van der Waals surface area contributed by atoms with Crippen molar-refractivity contribution in [3.63, 3.8) is 0 Å². The molecule has 0 aliphatic carbocycles. The molecule has 0 N–H and O–H groups in total. The number of rotatable bonds is 7. The molecule has 7 heteroatoms. The number of hydrogen-bond acceptors (Lipinski definition) is 2. The zero-order chi connectivity index (χ0) is 54.6. The molecule has 13 rings (SSSR count). The summed E-state index contributed by atoms with van der Waals surface area (Å²) in [6, 6.07) is 70.1. The fourth-order valence-electron chi connectivity index (χ4n) is 10.6. The average molecular weight is 1160 g/mol. The van der Waals surface area contributed by atoms with Crippen molar-refractivity contribution >= 4 is 60.2 Å². The third kappa shape index (κ3) is 7.90. The first kappa shape index (κ1) is 42.1. The summed E-state index contributed by atoms with van der Waals surface area (Å²) in [5.74, 6) is 1.31. The van der Waals surface area contributed by atoms with Gasteiger partial charge in [-0.1, -0.05) is 32.9 Å². The maximum absolute atomic E-state index is 9.23. The molecule has 13 aromatic rings. The van der Waals surface area contributed by atoms with Gasteiger partial charge in [0.15, 0.2) is 0 Å². The second-order valence-electron chi connectivity index (χ2n) is 21.1. The topological polar surface area (TPSA) is 41.3 Å². The molecule has 0 radical (unpaired) electrons. The van der Waals surface area contributed by atoms with E-state index >= 15 is 0 Å². The van der Waals surface area contributed by atoms with Gasteiger partial charge < -0.3 is 0 Å². The molecule has 9 aromatic carbocycles. The van der Waals surface area contributed by atoms with Crippen molar-refractivity contribution in [2.75, 3.05) is 0 Å². The molecule has 4 heterocycles. The first-order chi connectivity index (χ1) is 38.1. The van der Waals surface area contributed by atoms with Crippen molar-refractivity contribution in [1.82, 2.24) is 23.1 Å². The minimum absolute atomic E-state index is 0.0533. The first-order valence-corrected chi connectivity index (χ1v) is 26.3. The third-order valence-electron chi connectivity index (χ3n) is 14.4. The molecule has 0 atom stereocenters. The van der Waals surface area contributed by atoms with E-state index in [2.05, 4.69) is 238 Å². The van der Waals surface area contributed by atoms with Crippen LogP contribution in [0.4, 0.5) is 0 Å². The van der Waals surface area contributed by atoms with Gasteiger partial charge in [-0.2, -0.15) is 0 Å². The molecule has 0 saturated carbocycles. The van der Waals surface area contributed by atoms with E-state index in [0.717, 1.165) is 81.4 Å². The van der Waals surface area contributed by atoms with Gasteiger partial charge in [-0.3, -0.25) is 0 Å². The molecule has 0 spiro atoms. The Hall–Kier alpha value is -8.31. The molecule has 0 saturated heterocycles. The fourth-order valence-corrected chi connectivity index (χ4v) is 11.7. The Labute approximate surface area is 453 Å². The monoisotopic (exact) mass is 1150 g/mol. The predicted octanol–water partition coefficient (Wildman–Crippen LogP) is 17.4. The molecule has 6 nitrogen and oxygen atoms in total. The second kappa shape index (κ2) is 18.0. The SMILES string of the molecule is [2H]c1c([2H])c([2H])c2c(c1[2H])c1ccc(Oc3[c-]c4c(cc3)n(-c3ccc(C(C)(C)C)cc3)c3ccccc3c3cccc5c3n4[c](=[Pt])n5-c3c(-c4ccccc4)cccc3-c3ccccc3)[c-]c1n2-c1cc(C(C)(C)C)ccn1. The van der Waals surface area contributed by atoms with Crippen molar-refractivity contribution in [3.8, 4) is 50.9 Å². The van der Waals surface area contributed by atoms with E-state index < -0.39 is 0 Å². The Morgan fingerprint density at radius 1 is 0.493 bits per heavy atom. The number of imidazole rings is 1. The molecule has 0 unspecified atom stereocenters. The van der Waals surface area contributed by atoms with Crippen LogP contribution in [0.5, 0.6) is 11.5 Å². The Morgan fingerprint density at radius 3 is 1.81 bits per heavy atom. The van der Waals surface area contributed by atoms with E-state index in [4.69, 9.17) is 13.8 Å². The normalized spacial score (nSPS) is 13.0. The smallest absolute Gasteiger partial charge is 0.0561 e. The van der Waals surface area contributed by atoms with Gasteiger partial charge in [0.25, 0.3) is 0 Å². The van der Waals surface area contributed by atoms with Crippen molar-refractivity contribution < 1.29 is 29.6 Å². The second-order valence-corrected chi connectivity index (χ2v) is 22.1. The summed E-state index contributed by atoms with van der Waals surface area (Å²) in [4.78, 5) is 4.81. The number of aromatic nitrogens is 5. The minimum Gasteiger partial charge on any atom is -0.0561 e. The Morgan fingerprint density at radius 2 is 1.11 bits per heavy atom. The third-order valence-corrected chi connectivity index (χ3v) is 15.4. The number of pyridine rings is 1. The van der Waals surface area contributed by atoms with Crippen molar-refractivity contribution in [3.05, 3.63) is 239 Å². The number of para-hydroxylation sites is 4. The van der Waals surface area contributed by atoms with Crippen LogP contribution in [-0.4, -0.2) is 23.1 Å². The van der Waals surface area contributed by atoms with Crippen molar-refractivity contribution in [2.24, 2.45) is 0 Å². The molecule has 4 aromatic heterocycles. The van der Waals surface area contributed by atoms with Gasteiger partial charge in [-0.25, -0.2) is 0 Å². The summed E-state index contributed by atoms with van der Waals surface area (Å²) < 4.78 is 52.6. The Bertz CT molecular complexity index is 4660. The van der Waals surface area contributed by atoms with E-state index in [-0.39, 0.29) is 35.0 Å². The van der Waals surface area contributed by atoms with Gasteiger partial charge in [0.1, 0.15) is 0 Å². The van der Waals surface area contributed by atoms with Crippen LogP contribution >= 0.6 is 0 Å². The molecule has 368 valence electrons. The molecule has 0 fully saturated rings. The van der Waals surface area contributed by atoms with Gasteiger partial charge in [0.2, 0.25) is 0 Å². The predicted molar refractivity (Wildman–Crippen MR) is 305 cm³/mol. The number of hydrogen-bond donors (Lipinski definition) is 0. The zero-order valence-electron chi connectivity index (χ0n) is 46.4. The van der Waals surface area contributed by atoms with Gasteiger partial charge >= 0.3 is 394 Å². The number of benzene rings is 9. The summed E-state index contributed by atoms with van der Waals surface area (Å²) in [6.45, 7) is 13.1. The zero-order valence-corrected chi connectivity index (χ0v) is 44.6. The Kier molecular flexibility index (Phi) is 10.1. The van der Waals surface area contributed by atoms with E-state index in [1.165, 1.54) is 5.56 Å². The number of ether oxygens (including phenoxy) is 1. The van der Waals surface area contributed by atoms with Crippen LogP contribution in [0.25, 0.3) is 99.6 Å². The molecule has 75 heavy (non-hydrogen) atoms.